The molecule has 0 amide bonds. The van der Waals surface area contributed by atoms with Gasteiger partial charge in [0.25, 0.3) is 0 Å². The second-order valence-corrected chi connectivity index (χ2v) is 4.83. The minimum Gasteiger partial charge on any atom is -0.480 e. The van der Waals surface area contributed by atoms with Gasteiger partial charge in [0.15, 0.2) is 0 Å². The predicted octanol–water partition coefficient (Wildman–Crippen LogP) is 3.03. The third kappa shape index (κ3) is 3.35. The van der Waals surface area contributed by atoms with E-state index in [0.717, 1.165) is 5.56 Å². The van der Waals surface area contributed by atoms with E-state index < -0.39 is 0 Å². The molecule has 1 unspecified atom stereocenters. The smallest absolute Gasteiger partial charge is 0.233 e. The molecule has 0 spiro atoms. The molecule has 0 saturated carbocycles. The second kappa shape index (κ2) is 6.19. The van der Waals surface area contributed by atoms with Crippen molar-refractivity contribution in [2.75, 3.05) is 7.11 Å². The van der Waals surface area contributed by atoms with Crippen LogP contribution in [0.4, 0.5) is 0 Å². The van der Waals surface area contributed by atoms with E-state index in [2.05, 4.69) is 10.2 Å². The fourth-order valence-electron chi connectivity index (χ4n) is 1.69. The monoisotopic (exact) mass is 297 g/mol. The first-order valence-corrected chi connectivity index (χ1v) is 6.43. The predicted molar refractivity (Wildman–Crippen MR) is 75.7 cm³/mol. The quantitative estimate of drug-likeness (QED) is 0.942. The third-order valence-corrected chi connectivity index (χ3v) is 3.44. The zero-order valence-corrected chi connectivity index (χ0v) is 11.8. The Balaban J connectivity index is 2.18. The van der Waals surface area contributed by atoms with Gasteiger partial charge in [-0.2, -0.15) is 5.10 Å². The Kier molecular flexibility index (Phi) is 4.58. The van der Waals surface area contributed by atoms with Gasteiger partial charge < -0.3 is 10.5 Å². The first-order chi connectivity index (χ1) is 9.11. The van der Waals surface area contributed by atoms with E-state index in [4.69, 9.17) is 33.7 Å². The average molecular weight is 298 g/mol. The summed E-state index contributed by atoms with van der Waals surface area (Å²) in [6.45, 7) is 0. The average Bonchev–Trinajstić information content (AvgIpc) is 2.43. The standard InChI is InChI=1S/C13H13Cl2N3O/c1-19-13-6-5-12(17-18-13)11(16)7-8-9(14)3-2-4-10(8)15/h2-6,11H,7,16H2,1H3. The number of nitrogens with two attached hydrogens (primary N) is 1. The summed E-state index contributed by atoms with van der Waals surface area (Å²) in [5.74, 6) is 0.451. The number of hydrogen-bond acceptors (Lipinski definition) is 4. The van der Waals surface area contributed by atoms with Crippen LogP contribution in [0.15, 0.2) is 30.3 Å². The Morgan fingerprint density at radius 2 is 1.84 bits per heavy atom. The molecule has 0 aliphatic carbocycles. The lowest BCUT2D eigenvalue weighted by atomic mass is 10.0. The molecule has 2 rings (SSSR count). The summed E-state index contributed by atoms with van der Waals surface area (Å²) in [4.78, 5) is 0. The second-order valence-electron chi connectivity index (χ2n) is 4.01. The first kappa shape index (κ1) is 14.1. The van der Waals surface area contributed by atoms with E-state index >= 15 is 0 Å². The molecule has 4 nitrogen and oxygen atoms in total. The summed E-state index contributed by atoms with van der Waals surface area (Å²) in [7, 11) is 1.53. The van der Waals surface area contributed by atoms with Crippen molar-refractivity contribution in [2.24, 2.45) is 5.73 Å². The molecule has 1 aromatic carbocycles. The number of hydrogen-bond donors (Lipinski definition) is 1. The van der Waals surface area contributed by atoms with E-state index in [9.17, 15) is 0 Å². The van der Waals surface area contributed by atoms with E-state index in [1.165, 1.54) is 7.11 Å². The Hall–Kier alpha value is -1.36. The van der Waals surface area contributed by atoms with E-state index in [1.807, 2.05) is 0 Å². The molecule has 0 aliphatic rings. The third-order valence-electron chi connectivity index (χ3n) is 2.74. The maximum absolute atomic E-state index is 6.11. The molecular weight excluding hydrogens is 285 g/mol. The Labute approximate surface area is 121 Å². The van der Waals surface area contributed by atoms with Gasteiger partial charge in [-0.3, -0.25) is 0 Å². The van der Waals surface area contributed by atoms with Crippen LogP contribution in [-0.2, 0) is 6.42 Å². The summed E-state index contributed by atoms with van der Waals surface area (Å²) in [5.41, 5.74) is 7.58. The van der Waals surface area contributed by atoms with E-state index in [0.29, 0.717) is 28.0 Å². The van der Waals surface area contributed by atoms with Crippen molar-refractivity contribution in [2.45, 2.75) is 12.5 Å². The highest BCUT2D eigenvalue weighted by Gasteiger charge is 2.14. The lowest BCUT2D eigenvalue weighted by Crippen LogP contribution is -2.16. The highest BCUT2D eigenvalue weighted by atomic mass is 35.5. The molecule has 19 heavy (non-hydrogen) atoms. The number of halogens is 2. The van der Waals surface area contributed by atoms with Crippen LogP contribution in [0.1, 0.15) is 17.3 Å². The number of rotatable bonds is 4. The molecule has 0 radical (unpaired) electrons. The van der Waals surface area contributed by atoms with Crippen LogP contribution < -0.4 is 10.5 Å². The molecule has 1 atom stereocenters. The molecule has 0 fully saturated rings. The largest absolute Gasteiger partial charge is 0.480 e. The number of benzene rings is 1. The number of ether oxygens (including phenoxy) is 1. The molecule has 2 N–H and O–H groups in total. The van der Waals surface area contributed by atoms with Gasteiger partial charge in [-0.25, -0.2) is 0 Å². The zero-order valence-electron chi connectivity index (χ0n) is 10.3. The zero-order chi connectivity index (χ0) is 13.8. The number of methoxy groups -OCH3 is 1. The highest BCUT2D eigenvalue weighted by molar-refractivity contribution is 6.36. The molecule has 1 aromatic heterocycles. The molecule has 100 valence electrons. The molecule has 2 aromatic rings. The Morgan fingerprint density at radius 1 is 1.16 bits per heavy atom. The lowest BCUT2D eigenvalue weighted by Gasteiger charge is -2.13. The van der Waals surface area contributed by atoms with Gasteiger partial charge in [-0.15, -0.1) is 5.10 Å². The summed E-state index contributed by atoms with van der Waals surface area (Å²) in [5, 5.41) is 9.11. The summed E-state index contributed by atoms with van der Waals surface area (Å²) >= 11 is 12.2. The normalized spacial score (nSPS) is 12.2. The van der Waals surface area contributed by atoms with Crippen molar-refractivity contribution < 1.29 is 4.74 Å². The van der Waals surface area contributed by atoms with Crippen LogP contribution in [0.2, 0.25) is 10.0 Å². The SMILES string of the molecule is COc1ccc(C(N)Cc2c(Cl)cccc2Cl)nn1. The van der Waals surface area contributed by atoms with Gasteiger partial charge in [0.2, 0.25) is 5.88 Å². The van der Waals surface area contributed by atoms with Gasteiger partial charge in [0.1, 0.15) is 0 Å². The van der Waals surface area contributed by atoms with Gasteiger partial charge >= 0.3 is 0 Å². The summed E-state index contributed by atoms with van der Waals surface area (Å²) in [6.07, 6.45) is 0.500. The molecule has 1 heterocycles. The molecule has 0 saturated heterocycles. The van der Waals surface area contributed by atoms with Crippen LogP contribution >= 0.6 is 23.2 Å². The number of aromatic nitrogens is 2. The molecular formula is C13H13Cl2N3O. The van der Waals surface area contributed by atoms with E-state index in [-0.39, 0.29) is 6.04 Å². The van der Waals surface area contributed by atoms with Crippen molar-refractivity contribution in [1.82, 2.24) is 10.2 Å². The van der Waals surface area contributed by atoms with Gasteiger partial charge in [-0.05, 0) is 30.2 Å². The minimum atomic E-state index is -0.323. The summed E-state index contributed by atoms with van der Waals surface area (Å²) < 4.78 is 4.95. The van der Waals surface area contributed by atoms with Gasteiger partial charge in [0.05, 0.1) is 18.8 Å². The molecule has 0 bridgehead atoms. The number of nitrogens with zero attached hydrogens (tertiary/aromatic N) is 2. The van der Waals surface area contributed by atoms with Crippen molar-refractivity contribution in [3.63, 3.8) is 0 Å². The summed E-state index contributed by atoms with van der Waals surface area (Å²) in [6, 6.07) is 8.55. The van der Waals surface area contributed by atoms with Crippen LogP contribution in [0.3, 0.4) is 0 Å². The maximum Gasteiger partial charge on any atom is 0.233 e. The van der Waals surface area contributed by atoms with Crippen LogP contribution in [0, 0.1) is 0 Å². The first-order valence-electron chi connectivity index (χ1n) is 5.68. The lowest BCUT2D eigenvalue weighted by molar-refractivity contribution is 0.390. The van der Waals surface area contributed by atoms with Crippen LogP contribution in [-0.4, -0.2) is 17.3 Å². The van der Waals surface area contributed by atoms with Gasteiger partial charge in [-0.1, -0.05) is 29.3 Å². The Bertz CT molecular complexity index is 540. The molecule has 0 aliphatic heterocycles. The van der Waals surface area contributed by atoms with Crippen LogP contribution in [0.5, 0.6) is 5.88 Å². The fraction of sp³-hybridized carbons (Fsp3) is 0.231. The van der Waals surface area contributed by atoms with Crippen LogP contribution in [0.25, 0.3) is 0 Å². The molecule has 6 heteroatoms. The van der Waals surface area contributed by atoms with Crippen molar-refractivity contribution in [3.8, 4) is 5.88 Å². The topological polar surface area (TPSA) is 61.0 Å². The van der Waals surface area contributed by atoms with E-state index in [1.54, 1.807) is 30.3 Å². The highest BCUT2D eigenvalue weighted by Crippen LogP contribution is 2.28. The fourth-order valence-corrected chi connectivity index (χ4v) is 2.24. The maximum atomic E-state index is 6.11. The minimum absolute atomic E-state index is 0.323. The van der Waals surface area contributed by atoms with Crippen molar-refractivity contribution >= 4 is 23.2 Å². The Morgan fingerprint density at radius 3 is 2.37 bits per heavy atom. The van der Waals surface area contributed by atoms with Crippen molar-refractivity contribution in [1.29, 1.82) is 0 Å². The van der Waals surface area contributed by atoms with Gasteiger partial charge in [0, 0.05) is 16.1 Å². The van der Waals surface area contributed by atoms with Crippen molar-refractivity contribution in [3.05, 3.63) is 51.6 Å².